The number of halogens is 4. The lowest BCUT2D eigenvalue weighted by molar-refractivity contribution is 0.598. The molecule has 2 rings (SSSR count). The van der Waals surface area contributed by atoms with Crippen LogP contribution in [0.1, 0.15) is 0 Å². The number of benzene rings is 1. The number of nitrogens with one attached hydrogen (secondary N) is 1. The van der Waals surface area contributed by atoms with Gasteiger partial charge in [0.2, 0.25) is 0 Å². The topological polar surface area (TPSA) is 24.9 Å². The third-order valence-corrected chi connectivity index (χ3v) is 3.04. The van der Waals surface area contributed by atoms with E-state index in [0.717, 1.165) is 16.6 Å². The molecule has 0 radical (unpaired) electrons. The summed E-state index contributed by atoms with van der Waals surface area (Å²) in [5, 5.41) is 2.75. The molecule has 0 saturated heterocycles. The van der Waals surface area contributed by atoms with Crippen LogP contribution in [0.5, 0.6) is 0 Å². The summed E-state index contributed by atoms with van der Waals surface area (Å²) in [6.45, 7) is 0. The van der Waals surface area contributed by atoms with Crippen molar-refractivity contribution in [3.63, 3.8) is 0 Å². The van der Waals surface area contributed by atoms with Crippen molar-refractivity contribution in [1.29, 1.82) is 0 Å². The summed E-state index contributed by atoms with van der Waals surface area (Å²) >= 11 is 6.16. The monoisotopic (exact) mass is 362 g/mol. The van der Waals surface area contributed by atoms with Gasteiger partial charge in [0.25, 0.3) is 0 Å². The zero-order valence-corrected chi connectivity index (χ0v) is 11.5. The minimum atomic E-state index is -0.543. The molecule has 17 heavy (non-hydrogen) atoms. The molecule has 2 nitrogen and oxygen atoms in total. The van der Waals surface area contributed by atoms with E-state index in [1.165, 1.54) is 6.20 Å². The molecule has 1 heterocycles. The van der Waals surface area contributed by atoms with Gasteiger partial charge in [0.1, 0.15) is 11.6 Å². The number of hydrogen-bond donors (Lipinski definition) is 1. The van der Waals surface area contributed by atoms with Gasteiger partial charge < -0.3 is 5.32 Å². The normalized spacial score (nSPS) is 10.4. The maximum atomic E-state index is 13.5. The molecule has 0 aliphatic heterocycles. The van der Waals surface area contributed by atoms with Crippen molar-refractivity contribution in [2.45, 2.75) is 0 Å². The minimum Gasteiger partial charge on any atom is -0.352 e. The van der Waals surface area contributed by atoms with Crippen molar-refractivity contribution < 1.29 is 8.78 Å². The number of pyridine rings is 1. The maximum Gasteiger partial charge on any atom is 0.147 e. The van der Waals surface area contributed by atoms with Gasteiger partial charge in [-0.3, -0.25) is 4.98 Å². The van der Waals surface area contributed by atoms with E-state index in [4.69, 9.17) is 0 Å². The Morgan fingerprint density at radius 3 is 2.47 bits per heavy atom. The molecule has 0 bridgehead atoms. The molecule has 2 aromatic rings. The summed E-state index contributed by atoms with van der Waals surface area (Å²) < 4.78 is 27.6. The molecule has 1 N–H and O–H groups in total. The Kier molecular flexibility index (Phi) is 3.73. The Morgan fingerprint density at radius 2 is 1.76 bits per heavy atom. The second kappa shape index (κ2) is 5.10. The average molecular weight is 364 g/mol. The summed E-state index contributed by atoms with van der Waals surface area (Å²) in [5.74, 6) is -1.07. The van der Waals surface area contributed by atoms with Crippen LogP contribution in [0.2, 0.25) is 0 Å². The van der Waals surface area contributed by atoms with E-state index in [-0.39, 0.29) is 10.2 Å². The van der Waals surface area contributed by atoms with Gasteiger partial charge >= 0.3 is 0 Å². The van der Waals surface area contributed by atoms with Gasteiger partial charge in [0.05, 0.1) is 22.0 Å². The van der Waals surface area contributed by atoms with Crippen molar-refractivity contribution in [1.82, 2.24) is 4.98 Å². The molecule has 0 fully saturated rings. The predicted molar refractivity (Wildman–Crippen MR) is 69.3 cm³/mol. The van der Waals surface area contributed by atoms with Gasteiger partial charge in [-0.05, 0) is 44.0 Å². The standard InChI is InChI=1S/C11H6Br2F2N2/c12-6-1-7(5-16-4-6)17-11-3-9(14)8(13)2-10(11)15/h1-5,17H. The molecule has 0 aliphatic carbocycles. The van der Waals surface area contributed by atoms with Crippen LogP contribution in [-0.2, 0) is 0 Å². The zero-order valence-electron chi connectivity index (χ0n) is 8.35. The summed E-state index contributed by atoms with van der Waals surface area (Å²) in [7, 11) is 0. The van der Waals surface area contributed by atoms with Crippen LogP contribution in [0, 0.1) is 11.6 Å². The molecule has 0 saturated carbocycles. The molecular weight excluding hydrogens is 358 g/mol. The predicted octanol–water partition coefficient (Wildman–Crippen LogP) is 4.63. The van der Waals surface area contributed by atoms with Gasteiger partial charge in [-0.1, -0.05) is 0 Å². The Labute approximate surface area is 113 Å². The second-order valence-corrected chi connectivity index (χ2v) is 5.03. The van der Waals surface area contributed by atoms with E-state index in [0.29, 0.717) is 5.69 Å². The van der Waals surface area contributed by atoms with Gasteiger partial charge in [-0.15, -0.1) is 0 Å². The summed E-state index contributed by atoms with van der Waals surface area (Å²) in [5.41, 5.74) is 0.630. The molecule has 0 unspecified atom stereocenters. The Morgan fingerprint density at radius 1 is 1.00 bits per heavy atom. The fourth-order valence-corrected chi connectivity index (χ4v) is 1.93. The third-order valence-electron chi connectivity index (χ3n) is 1.99. The van der Waals surface area contributed by atoms with Crippen LogP contribution in [0.3, 0.4) is 0 Å². The molecule has 0 amide bonds. The van der Waals surface area contributed by atoms with Crippen LogP contribution in [0.4, 0.5) is 20.2 Å². The van der Waals surface area contributed by atoms with E-state index in [1.807, 2.05) is 0 Å². The van der Waals surface area contributed by atoms with Gasteiger partial charge in [-0.25, -0.2) is 8.78 Å². The van der Waals surface area contributed by atoms with Crippen LogP contribution in [-0.4, -0.2) is 4.98 Å². The highest BCUT2D eigenvalue weighted by molar-refractivity contribution is 9.10. The maximum absolute atomic E-state index is 13.5. The van der Waals surface area contributed by atoms with Crippen LogP contribution < -0.4 is 5.32 Å². The van der Waals surface area contributed by atoms with Crippen LogP contribution in [0.25, 0.3) is 0 Å². The first-order valence-electron chi connectivity index (χ1n) is 4.58. The summed E-state index contributed by atoms with van der Waals surface area (Å²) in [6, 6.07) is 3.87. The zero-order chi connectivity index (χ0) is 12.4. The number of hydrogen-bond acceptors (Lipinski definition) is 2. The van der Waals surface area contributed by atoms with Crippen molar-refractivity contribution in [2.75, 3.05) is 5.32 Å². The quantitative estimate of drug-likeness (QED) is 0.787. The second-order valence-electron chi connectivity index (χ2n) is 3.26. The van der Waals surface area contributed by atoms with E-state index in [1.54, 1.807) is 12.3 Å². The molecular formula is C11H6Br2F2N2. The molecule has 0 aliphatic rings. The Balaban J connectivity index is 2.33. The molecule has 1 aromatic heterocycles. The summed E-state index contributed by atoms with van der Waals surface area (Å²) in [4.78, 5) is 3.92. The minimum absolute atomic E-state index is 0.0607. The highest BCUT2D eigenvalue weighted by atomic mass is 79.9. The van der Waals surface area contributed by atoms with Gasteiger partial charge in [0.15, 0.2) is 0 Å². The molecule has 1 aromatic carbocycles. The first-order valence-corrected chi connectivity index (χ1v) is 6.17. The van der Waals surface area contributed by atoms with Crippen LogP contribution in [0.15, 0.2) is 39.5 Å². The van der Waals surface area contributed by atoms with Gasteiger partial charge in [0, 0.05) is 16.7 Å². The molecule has 0 atom stereocenters. The number of aromatic nitrogens is 1. The SMILES string of the molecule is Fc1cc(Nc2cncc(Br)c2)c(F)cc1Br. The third kappa shape index (κ3) is 3.01. The van der Waals surface area contributed by atoms with E-state index >= 15 is 0 Å². The fourth-order valence-electron chi connectivity index (χ4n) is 1.25. The lowest BCUT2D eigenvalue weighted by Gasteiger charge is -2.08. The smallest absolute Gasteiger partial charge is 0.147 e. The molecule has 6 heteroatoms. The average Bonchev–Trinajstić information content (AvgIpc) is 2.26. The van der Waals surface area contributed by atoms with E-state index in [2.05, 4.69) is 42.2 Å². The van der Waals surface area contributed by atoms with Crippen molar-refractivity contribution >= 4 is 43.2 Å². The lowest BCUT2D eigenvalue weighted by Crippen LogP contribution is -1.96. The first-order chi connectivity index (χ1) is 8.06. The van der Waals surface area contributed by atoms with E-state index < -0.39 is 11.6 Å². The van der Waals surface area contributed by atoms with Crippen molar-refractivity contribution in [3.05, 3.63) is 51.2 Å². The highest BCUT2D eigenvalue weighted by Crippen LogP contribution is 2.26. The fraction of sp³-hybridized carbons (Fsp3) is 0. The largest absolute Gasteiger partial charge is 0.352 e. The number of anilines is 2. The lowest BCUT2D eigenvalue weighted by atomic mass is 10.3. The van der Waals surface area contributed by atoms with E-state index in [9.17, 15) is 8.78 Å². The first kappa shape index (κ1) is 12.4. The van der Waals surface area contributed by atoms with Crippen molar-refractivity contribution in [2.24, 2.45) is 0 Å². The Bertz CT molecular complexity index is 561. The van der Waals surface area contributed by atoms with Crippen molar-refractivity contribution in [3.8, 4) is 0 Å². The molecule has 0 spiro atoms. The van der Waals surface area contributed by atoms with Gasteiger partial charge in [-0.2, -0.15) is 0 Å². The highest BCUT2D eigenvalue weighted by Gasteiger charge is 2.08. The number of rotatable bonds is 2. The number of nitrogens with zero attached hydrogens (tertiary/aromatic N) is 1. The summed E-state index contributed by atoms with van der Waals surface area (Å²) in [6.07, 6.45) is 3.12. The van der Waals surface area contributed by atoms with Crippen LogP contribution >= 0.6 is 31.9 Å². The molecule has 88 valence electrons. The Hall–Kier alpha value is -1.01.